The van der Waals surface area contributed by atoms with Crippen LogP contribution in [-0.4, -0.2) is 43.4 Å². The van der Waals surface area contributed by atoms with Crippen LogP contribution in [0.2, 0.25) is 0 Å². The maximum atomic E-state index is 8.81. The van der Waals surface area contributed by atoms with Gasteiger partial charge in [-0.3, -0.25) is 4.98 Å². The van der Waals surface area contributed by atoms with Gasteiger partial charge in [-0.2, -0.15) is 0 Å². The third-order valence-electron chi connectivity index (χ3n) is 6.93. The van der Waals surface area contributed by atoms with E-state index in [4.69, 9.17) is 14.6 Å². The van der Waals surface area contributed by atoms with Crippen molar-refractivity contribution in [2.45, 2.75) is 37.9 Å². The van der Waals surface area contributed by atoms with Crippen molar-refractivity contribution in [3.8, 4) is 34.6 Å². The molecule has 0 radical (unpaired) electrons. The number of pyridine rings is 3. The second kappa shape index (κ2) is 10.5. The van der Waals surface area contributed by atoms with Gasteiger partial charge in [0.2, 0.25) is 5.88 Å². The van der Waals surface area contributed by atoms with Gasteiger partial charge in [0, 0.05) is 79.4 Å². The van der Waals surface area contributed by atoms with Crippen LogP contribution in [-0.2, 0) is 7.05 Å². The van der Waals surface area contributed by atoms with Crippen molar-refractivity contribution in [1.82, 2.24) is 19.5 Å². The zero-order valence-electron chi connectivity index (χ0n) is 21.2. The SMILES string of the molecule is Cn1c2ccncc2c2ccc(-c3ccc(OC4CC(Oc5ccc(C#CCCCO)nc5)C4)nc3)cc21. The molecule has 5 aromatic rings. The molecule has 7 heteroatoms. The highest BCUT2D eigenvalue weighted by molar-refractivity contribution is 6.08. The summed E-state index contributed by atoms with van der Waals surface area (Å²) in [5, 5.41) is 11.2. The van der Waals surface area contributed by atoms with Crippen LogP contribution < -0.4 is 9.47 Å². The number of ether oxygens (including phenoxy) is 2. The van der Waals surface area contributed by atoms with E-state index in [1.165, 1.54) is 16.4 Å². The Morgan fingerprint density at radius 1 is 0.895 bits per heavy atom. The number of nitrogens with zero attached hydrogens (tertiary/aromatic N) is 4. The van der Waals surface area contributed by atoms with Crippen molar-refractivity contribution in [1.29, 1.82) is 0 Å². The molecule has 1 saturated carbocycles. The lowest BCUT2D eigenvalue weighted by Gasteiger charge is -2.34. The molecule has 1 fully saturated rings. The Morgan fingerprint density at radius 3 is 2.55 bits per heavy atom. The minimum atomic E-state index is 0.0868. The topological polar surface area (TPSA) is 82.3 Å². The summed E-state index contributed by atoms with van der Waals surface area (Å²) in [5.41, 5.74) is 5.20. The molecule has 190 valence electrons. The molecule has 1 aromatic carbocycles. The predicted octanol–water partition coefficient (Wildman–Crippen LogP) is 5.30. The van der Waals surface area contributed by atoms with Crippen LogP contribution in [0, 0.1) is 11.8 Å². The van der Waals surface area contributed by atoms with Gasteiger partial charge in [-0.25, -0.2) is 9.97 Å². The minimum Gasteiger partial charge on any atom is -0.489 e. The van der Waals surface area contributed by atoms with E-state index < -0.39 is 0 Å². The molecule has 4 aromatic heterocycles. The van der Waals surface area contributed by atoms with Crippen LogP contribution in [0.25, 0.3) is 32.9 Å². The molecule has 0 aliphatic heterocycles. The fraction of sp³-hybridized carbons (Fsp3) is 0.258. The highest BCUT2D eigenvalue weighted by Gasteiger charge is 2.33. The fourth-order valence-electron chi connectivity index (χ4n) is 4.77. The fourth-order valence-corrected chi connectivity index (χ4v) is 4.77. The summed E-state index contributed by atoms with van der Waals surface area (Å²) < 4.78 is 14.3. The molecule has 0 spiro atoms. The number of hydrogen-bond donors (Lipinski definition) is 1. The number of rotatable bonds is 7. The summed E-state index contributed by atoms with van der Waals surface area (Å²) in [4.78, 5) is 13.2. The van der Waals surface area contributed by atoms with E-state index in [2.05, 4.69) is 62.7 Å². The number of aromatic nitrogens is 4. The summed E-state index contributed by atoms with van der Waals surface area (Å²) in [6.07, 6.45) is 10.5. The van der Waals surface area contributed by atoms with Crippen LogP contribution >= 0.6 is 0 Å². The van der Waals surface area contributed by atoms with Crippen LogP contribution in [0.3, 0.4) is 0 Å². The van der Waals surface area contributed by atoms with Crippen molar-refractivity contribution in [3.05, 3.63) is 79.0 Å². The number of fused-ring (bicyclic) bond motifs is 3. The zero-order chi connectivity index (χ0) is 25.9. The Hall–Kier alpha value is -4.41. The van der Waals surface area contributed by atoms with E-state index in [9.17, 15) is 0 Å². The monoisotopic (exact) mass is 504 g/mol. The van der Waals surface area contributed by atoms with Gasteiger partial charge in [0.15, 0.2) is 0 Å². The van der Waals surface area contributed by atoms with Crippen LogP contribution in [0.5, 0.6) is 11.6 Å². The normalized spacial score (nSPS) is 16.6. The van der Waals surface area contributed by atoms with Gasteiger partial charge in [-0.1, -0.05) is 18.1 Å². The average Bonchev–Trinajstić information content (AvgIpc) is 3.22. The van der Waals surface area contributed by atoms with Gasteiger partial charge in [-0.15, -0.1) is 0 Å². The Kier molecular flexibility index (Phi) is 6.63. The van der Waals surface area contributed by atoms with E-state index in [1.807, 2.05) is 42.9 Å². The number of aryl methyl sites for hydroxylation is 1. The van der Waals surface area contributed by atoms with E-state index in [0.29, 0.717) is 24.4 Å². The molecule has 0 saturated heterocycles. The van der Waals surface area contributed by atoms with Gasteiger partial charge in [0.1, 0.15) is 23.7 Å². The molecule has 38 heavy (non-hydrogen) atoms. The number of aliphatic hydroxyl groups excluding tert-OH is 1. The second-order valence-electron chi connectivity index (χ2n) is 9.53. The number of hydrogen-bond acceptors (Lipinski definition) is 6. The second-order valence-corrected chi connectivity index (χ2v) is 9.53. The van der Waals surface area contributed by atoms with Crippen LogP contribution in [0.15, 0.2) is 73.3 Å². The van der Waals surface area contributed by atoms with Crippen molar-refractivity contribution >= 4 is 21.8 Å². The summed E-state index contributed by atoms with van der Waals surface area (Å²) in [5.74, 6) is 7.35. The molecule has 4 heterocycles. The number of aliphatic hydroxyl groups is 1. The quantitative estimate of drug-likeness (QED) is 0.239. The standard InChI is InChI=1S/C31H28N4O3/c1-35-29-12-13-32-20-28(29)27-10-6-21(15-30(27)35)22-7-11-31(34-18-22)38-26-16-25(17-26)37-24-9-8-23(33-19-24)5-3-2-4-14-36/h6-13,15,18-20,25-26,36H,2,4,14,16-17H2,1H3. The van der Waals surface area contributed by atoms with E-state index >= 15 is 0 Å². The molecule has 0 unspecified atom stereocenters. The Morgan fingerprint density at radius 2 is 1.76 bits per heavy atom. The molecule has 1 aliphatic rings. The summed E-state index contributed by atoms with van der Waals surface area (Å²) in [6, 6.07) is 16.3. The molecule has 0 atom stereocenters. The first-order valence-electron chi connectivity index (χ1n) is 12.9. The first-order chi connectivity index (χ1) is 18.7. The van der Waals surface area contributed by atoms with Crippen molar-refractivity contribution < 1.29 is 14.6 Å². The lowest BCUT2D eigenvalue weighted by Crippen LogP contribution is -2.41. The van der Waals surface area contributed by atoms with Gasteiger partial charge >= 0.3 is 0 Å². The molecule has 7 nitrogen and oxygen atoms in total. The molecule has 0 bridgehead atoms. The Labute approximate surface area is 221 Å². The summed E-state index contributed by atoms with van der Waals surface area (Å²) in [6.45, 7) is 0.157. The zero-order valence-corrected chi connectivity index (χ0v) is 21.2. The molecule has 6 rings (SSSR count). The van der Waals surface area contributed by atoms with Gasteiger partial charge in [-0.05, 0) is 48.2 Å². The maximum Gasteiger partial charge on any atom is 0.213 e. The van der Waals surface area contributed by atoms with Gasteiger partial charge in [0.25, 0.3) is 0 Å². The minimum absolute atomic E-state index is 0.0868. The van der Waals surface area contributed by atoms with E-state index in [-0.39, 0.29) is 18.8 Å². The van der Waals surface area contributed by atoms with Crippen molar-refractivity contribution in [2.24, 2.45) is 7.05 Å². The average molecular weight is 505 g/mol. The van der Waals surface area contributed by atoms with Crippen LogP contribution in [0.1, 0.15) is 31.4 Å². The van der Waals surface area contributed by atoms with Crippen molar-refractivity contribution in [3.63, 3.8) is 0 Å². The van der Waals surface area contributed by atoms with Crippen LogP contribution in [0.4, 0.5) is 0 Å². The lowest BCUT2D eigenvalue weighted by atomic mass is 9.92. The number of unbranched alkanes of at least 4 members (excludes halogenated alkanes) is 1. The summed E-state index contributed by atoms with van der Waals surface area (Å²) >= 11 is 0. The largest absolute Gasteiger partial charge is 0.489 e. The lowest BCUT2D eigenvalue weighted by molar-refractivity contribution is 0.00209. The third kappa shape index (κ3) is 4.91. The molecule has 0 amide bonds. The third-order valence-corrected chi connectivity index (χ3v) is 6.93. The highest BCUT2D eigenvalue weighted by Crippen LogP contribution is 2.32. The number of benzene rings is 1. The molecule has 1 N–H and O–H groups in total. The van der Waals surface area contributed by atoms with Gasteiger partial charge in [0.05, 0.1) is 11.7 Å². The first kappa shape index (κ1) is 24.0. The maximum absolute atomic E-state index is 8.81. The van der Waals surface area contributed by atoms with E-state index in [1.54, 1.807) is 6.20 Å². The summed E-state index contributed by atoms with van der Waals surface area (Å²) in [7, 11) is 2.09. The smallest absolute Gasteiger partial charge is 0.213 e. The Balaban J connectivity index is 1.04. The molecule has 1 aliphatic carbocycles. The highest BCUT2D eigenvalue weighted by atomic mass is 16.5. The van der Waals surface area contributed by atoms with Crippen molar-refractivity contribution in [2.75, 3.05) is 6.61 Å². The molecular formula is C31H28N4O3. The predicted molar refractivity (Wildman–Crippen MR) is 147 cm³/mol. The van der Waals surface area contributed by atoms with E-state index in [0.717, 1.165) is 35.1 Å². The molecular weight excluding hydrogens is 476 g/mol. The first-order valence-corrected chi connectivity index (χ1v) is 12.9. The van der Waals surface area contributed by atoms with Gasteiger partial charge < -0.3 is 19.1 Å². The Bertz CT molecular complexity index is 1630.